The molecule has 4 aromatic rings. The number of hydrogen-bond donors (Lipinski definition) is 0. The van der Waals surface area contributed by atoms with Crippen LogP contribution in [0.25, 0.3) is 22.2 Å². The number of fused-ring (bicyclic) bond motifs is 1. The second-order valence-corrected chi connectivity index (χ2v) is 8.85. The summed E-state index contributed by atoms with van der Waals surface area (Å²) in [6.45, 7) is 1.91. The Morgan fingerprint density at radius 2 is 1.79 bits per heavy atom. The van der Waals surface area contributed by atoms with E-state index in [1.807, 2.05) is 19.1 Å². The molecule has 8 heteroatoms. The highest BCUT2D eigenvalue weighted by molar-refractivity contribution is 9.10. The second-order valence-electron chi connectivity index (χ2n) is 6.22. The fourth-order valence-corrected chi connectivity index (χ4v) is 4.67. The Labute approximate surface area is 171 Å². The maximum Gasteiger partial charge on any atom is 0.268 e. The van der Waals surface area contributed by atoms with E-state index in [-0.39, 0.29) is 4.90 Å². The van der Waals surface area contributed by atoms with Crippen molar-refractivity contribution in [3.63, 3.8) is 0 Å². The molecule has 6 nitrogen and oxygen atoms in total. The summed E-state index contributed by atoms with van der Waals surface area (Å²) in [4.78, 5) is 8.92. The topological polar surface area (TPSA) is 74.1 Å². The van der Waals surface area contributed by atoms with E-state index in [0.29, 0.717) is 27.3 Å². The number of nitrogens with zero attached hydrogens (tertiary/aromatic N) is 3. The maximum absolute atomic E-state index is 13.3. The Morgan fingerprint density at radius 1 is 1.07 bits per heavy atom. The van der Waals surface area contributed by atoms with Gasteiger partial charge in [-0.05, 0) is 41.1 Å². The van der Waals surface area contributed by atoms with Gasteiger partial charge < -0.3 is 4.74 Å². The summed E-state index contributed by atoms with van der Waals surface area (Å²) < 4.78 is 33.8. The molecule has 0 fully saturated rings. The number of rotatable bonds is 4. The molecule has 0 saturated heterocycles. The molecule has 0 amide bonds. The number of methoxy groups -OCH3 is 1. The van der Waals surface area contributed by atoms with E-state index < -0.39 is 10.0 Å². The summed E-state index contributed by atoms with van der Waals surface area (Å²) in [5.41, 5.74) is 2.65. The van der Waals surface area contributed by atoms with Gasteiger partial charge in [-0.3, -0.25) is 0 Å². The third kappa shape index (κ3) is 3.08. The van der Waals surface area contributed by atoms with Gasteiger partial charge in [0.15, 0.2) is 0 Å². The van der Waals surface area contributed by atoms with Crippen molar-refractivity contribution in [1.82, 2.24) is 13.9 Å². The van der Waals surface area contributed by atoms with Crippen molar-refractivity contribution in [2.24, 2.45) is 0 Å². The highest BCUT2D eigenvalue weighted by Gasteiger charge is 2.23. The minimum atomic E-state index is -3.78. The molecule has 0 spiro atoms. The molecule has 0 aliphatic rings. The van der Waals surface area contributed by atoms with Gasteiger partial charge in [-0.2, -0.15) is 0 Å². The van der Waals surface area contributed by atoms with E-state index >= 15 is 0 Å². The van der Waals surface area contributed by atoms with Gasteiger partial charge in [-0.15, -0.1) is 0 Å². The number of aromatic nitrogens is 3. The van der Waals surface area contributed by atoms with Crippen LogP contribution in [-0.4, -0.2) is 29.5 Å². The number of benzene rings is 2. The molecular weight excluding hydrogens is 442 g/mol. The minimum absolute atomic E-state index is 0.222. The fraction of sp³-hybridized carbons (Fsp3) is 0.100. The van der Waals surface area contributed by atoms with Gasteiger partial charge in [-0.1, -0.05) is 35.9 Å². The van der Waals surface area contributed by atoms with Crippen molar-refractivity contribution >= 4 is 36.9 Å². The molecular formula is C20H16BrN3O3S. The average Bonchev–Trinajstić information content (AvgIpc) is 3.08. The number of aryl methyl sites for hydroxylation is 1. The Hall–Kier alpha value is -2.71. The Bertz CT molecular complexity index is 1280. The lowest BCUT2D eigenvalue weighted by Gasteiger charge is -2.08. The summed E-state index contributed by atoms with van der Waals surface area (Å²) >= 11 is 3.28. The third-order valence-corrected chi connectivity index (χ3v) is 6.49. The molecule has 142 valence electrons. The molecule has 28 heavy (non-hydrogen) atoms. The van der Waals surface area contributed by atoms with E-state index in [1.54, 1.807) is 48.8 Å². The standard InChI is InChI=1S/C20H16BrN3O3S/c1-13-7-9-14(10-8-13)28(25,26)24-12-16(15-5-3-4-6-17(15)24)19-20(27-2)23-18(21)11-22-19/h3-12H,1-2H3. The van der Waals surface area contributed by atoms with Crippen LogP contribution in [0, 0.1) is 6.92 Å². The van der Waals surface area contributed by atoms with E-state index in [4.69, 9.17) is 4.74 Å². The van der Waals surface area contributed by atoms with Gasteiger partial charge in [0.1, 0.15) is 10.3 Å². The number of halogens is 1. The quantitative estimate of drug-likeness (QED) is 0.453. The molecule has 2 aromatic carbocycles. The first-order valence-electron chi connectivity index (χ1n) is 8.41. The maximum atomic E-state index is 13.3. The lowest BCUT2D eigenvalue weighted by atomic mass is 10.1. The Kier molecular flexibility index (Phi) is 4.68. The lowest BCUT2D eigenvalue weighted by Crippen LogP contribution is -2.11. The van der Waals surface area contributed by atoms with Gasteiger partial charge in [0.2, 0.25) is 5.88 Å². The first-order valence-corrected chi connectivity index (χ1v) is 10.6. The first kappa shape index (κ1) is 18.6. The predicted octanol–water partition coefficient (Wildman–Crippen LogP) is 4.41. The monoisotopic (exact) mass is 457 g/mol. The van der Waals surface area contributed by atoms with Crippen molar-refractivity contribution in [3.8, 4) is 17.1 Å². The van der Waals surface area contributed by atoms with Gasteiger partial charge in [0.25, 0.3) is 10.0 Å². The van der Waals surface area contributed by atoms with Crippen LogP contribution < -0.4 is 4.74 Å². The fourth-order valence-electron chi connectivity index (χ4n) is 3.04. The number of para-hydroxylation sites is 1. The molecule has 0 radical (unpaired) electrons. The van der Waals surface area contributed by atoms with E-state index in [2.05, 4.69) is 25.9 Å². The molecule has 2 aromatic heterocycles. The molecule has 0 aliphatic carbocycles. The lowest BCUT2D eigenvalue weighted by molar-refractivity contribution is 0.397. The first-order chi connectivity index (χ1) is 13.4. The van der Waals surface area contributed by atoms with Crippen LogP contribution in [0.5, 0.6) is 5.88 Å². The van der Waals surface area contributed by atoms with Crippen LogP contribution in [-0.2, 0) is 10.0 Å². The molecule has 0 atom stereocenters. The van der Waals surface area contributed by atoms with Crippen LogP contribution in [0.3, 0.4) is 0 Å². The van der Waals surface area contributed by atoms with Crippen LogP contribution in [0.2, 0.25) is 0 Å². The number of ether oxygens (including phenoxy) is 1. The summed E-state index contributed by atoms with van der Waals surface area (Å²) in [5, 5.41) is 0.744. The van der Waals surface area contributed by atoms with Crippen LogP contribution >= 0.6 is 15.9 Å². The van der Waals surface area contributed by atoms with Crippen molar-refractivity contribution in [2.75, 3.05) is 7.11 Å². The molecule has 0 N–H and O–H groups in total. The van der Waals surface area contributed by atoms with Gasteiger partial charge in [-0.25, -0.2) is 22.4 Å². The molecule has 0 bridgehead atoms. The SMILES string of the molecule is COc1nc(Br)cnc1-c1cn(S(=O)(=O)c2ccc(C)cc2)c2ccccc12. The van der Waals surface area contributed by atoms with Crippen LogP contribution in [0.1, 0.15) is 5.56 Å². The van der Waals surface area contributed by atoms with Crippen molar-refractivity contribution in [3.05, 3.63) is 71.1 Å². The Morgan fingerprint density at radius 3 is 2.50 bits per heavy atom. The molecule has 0 aliphatic heterocycles. The summed E-state index contributed by atoms with van der Waals surface area (Å²) in [6.07, 6.45) is 3.12. The summed E-state index contributed by atoms with van der Waals surface area (Å²) in [7, 11) is -2.28. The zero-order valence-electron chi connectivity index (χ0n) is 15.1. The highest BCUT2D eigenvalue weighted by atomic mass is 79.9. The third-order valence-electron chi connectivity index (χ3n) is 4.42. The zero-order chi connectivity index (χ0) is 19.9. The van der Waals surface area contributed by atoms with Crippen LogP contribution in [0.15, 0.2) is 70.4 Å². The molecule has 0 saturated carbocycles. The largest absolute Gasteiger partial charge is 0.479 e. The molecule has 0 unspecified atom stereocenters. The minimum Gasteiger partial charge on any atom is -0.479 e. The van der Waals surface area contributed by atoms with Gasteiger partial charge in [0, 0.05) is 17.1 Å². The average molecular weight is 458 g/mol. The smallest absolute Gasteiger partial charge is 0.268 e. The van der Waals surface area contributed by atoms with Crippen LogP contribution in [0.4, 0.5) is 0 Å². The van der Waals surface area contributed by atoms with E-state index in [1.165, 1.54) is 11.1 Å². The molecule has 4 rings (SSSR count). The summed E-state index contributed by atoms with van der Waals surface area (Å²) in [5.74, 6) is 0.310. The van der Waals surface area contributed by atoms with Crippen molar-refractivity contribution in [2.45, 2.75) is 11.8 Å². The molecule has 2 heterocycles. The second kappa shape index (κ2) is 7.03. The predicted molar refractivity (Wildman–Crippen MR) is 111 cm³/mol. The van der Waals surface area contributed by atoms with E-state index in [9.17, 15) is 8.42 Å². The zero-order valence-corrected chi connectivity index (χ0v) is 17.5. The summed E-state index contributed by atoms with van der Waals surface area (Å²) in [6, 6.07) is 14.1. The highest BCUT2D eigenvalue weighted by Crippen LogP contribution is 2.36. The number of hydrogen-bond acceptors (Lipinski definition) is 5. The van der Waals surface area contributed by atoms with E-state index in [0.717, 1.165) is 10.9 Å². The van der Waals surface area contributed by atoms with Crippen molar-refractivity contribution < 1.29 is 13.2 Å². The van der Waals surface area contributed by atoms with Gasteiger partial charge in [0.05, 0.1) is 23.7 Å². The van der Waals surface area contributed by atoms with Gasteiger partial charge >= 0.3 is 0 Å². The normalized spacial score (nSPS) is 11.7. The Balaban J connectivity index is 1.99. The van der Waals surface area contributed by atoms with Crippen molar-refractivity contribution in [1.29, 1.82) is 0 Å².